The quantitative estimate of drug-likeness (QED) is 0.424. The molecule has 0 bridgehead atoms. The summed E-state index contributed by atoms with van der Waals surface area (Å²) >= 11 is 0. The van der Waals surface area contributed by atoms with Crippen molar-refractivity contribution in [1.82, 2.24) is 0 Å². The van der Waals surface area contributed by atoms with Crippen LogP contribution in [0.25, 0.3) is 0 Å². The van der Waals surface area contributed by atoms with Crippen LogP contribution in [0.3, 0.4) is 0 Å². The van der Waals surface area contributed by atoms with Crippen LogP contribution in [0.2, 0.25) is 0 Å². The summed E-state index contributed by atoms with van der Waals surface area (Å²) in [6.45, 7) is 3.23. The Balaban J connectivity index is 1.83. The number of hydrogen-bond donors (Lipinski definition) is 0. The summed E-state index contributed by atoms with van der Waals surface area (Å²) in [7, 11) is 0. The van der Waals surface area contributed by atoms with Crippen LogP contribution < -0.4 is 0 Å². The van der Waals surface area contributed by atoms with E-state index < -0.39 is 0 Å². The molecule has 0 aromatic heterocycles. The molecule has 1 aliphatic heterocycles. The SMILES string of the molecule is CCCCCCCC/C=C/C1CCCO1. The normalized spacial score (nSPS) is 21.5. The summed E-state index contributed by atoms with van der Waals surface area (Å²) in [4.78, 5) is 0. The molecule has 1 fully saturated rings. The first-order chi connectivity index (χ1) is 7.43. The lowest BCUT2D eigenvalue weighted by Gasteiger charge is -2.01. The zero-order valence-electron chi connectivity index (χ0n) is 10.2. The Morgan fingerprint density at radius 1 is 1.13 bits per heavy atom. The summed E-state index contributed by atoms with van der Waals surface area (Å²) in [5.74, 6) is 0. The maximum absolute atomic E-state index is 5.53. The van der Waals surface area contributed by atoms with Crippen LogP contribution in [-0.2, 0) is 4.74 Å². The van der Waals surface area contributed by atoms with Crippen LogP contribution in [0.1, 0.15) is 64.7 Å². The minimum absolute atomic E-state index is 0.435. The van der Waals surface area contributed by atoms with Crippen molar-refractivity contribution in [3.05, 3.63) is 12.2 Å². The van der Waals surface area contributed by atoms with Crippen LogP contribution >= 0.6 is 0 Å². The molecule has 1 heteroatoms. The highest BCUT2D eigenvalue weighted by Gasteiger charge is 2.10. The van der Waals surface area contributed by atoms with Crippen molar-refractivity contribution in [3.8, 4) is 0 Å². The fourth-order valence-corrected chi connectivity index (χ4v) is 2.04. The van der Waals surface area contributed by atoms with E-state index in [9.17, 15) is 0 Å². The molecule has 1 aliphatic rings. The van der Waals surface area contributed by atoms with Crippen LogP contribution in [-0.4, -0.2) is 12.7 Å². The predicted octanol–water partition coefficient (Wildman–Crippen LogP) is 4.47. The molecular weight excluding hydrogens is 184 g/mol. The monoisotopic (exact) mass is 210 g/mol. The van der Waals surface area contributed by atoms with Crippen molar-refractivity contribution >= 4 is 0 Å². The summed E-state index contributed by atoms with van der Waals surface area (Å²) < 4.78 is 5.53. The second-order valence-electron chi connectivity index (χ2n) is 4.54. The van der Waals surface area contributed by atoms with Gasteiger partial charge in [0.05, 0.1) is 6.10 Å². The molecule has 1 heterocycles. The van der Waals surface area contributed by atoms with E-state index >= 15 is 0 Å². The lowest BCUT2D eigenvalue weighted by Crippen LogP contribution is -1.98. The zero-order chi connectivity index (χ0) is 10.8. The highest BCUT2D eigenvalue weighted by molar-refractivity contribution is 4.91. The molecule has 0 spiro atoms. The standard InChI is InChI=1S/C14H26O/c1-2-3-4-5-6-7-8-9-11-14-12-10-13-15-14/h9,11,14H,2-8,10,12-13H2,1H3/b11-9+. The largest absolute Gasteiger partial charge is 0.374 e. The van der Waals surface area contributed by atoms with Crippen molar-refractivity contribution in [2.45, 2.75) is 70.8 Å². The van der Waals surface area contributed by atoms with Gasteiger partial charge in [-0.25, -0.2) is 0 Å². The second-order valence-corrected chi connectivity index (χ2v) is 4.54. The Kier molecular flexibility index (Phi) is 7.63. The number of hydrogen-bond acceptors (Lipinski definition) is 1. The maximum Gasteiger partial charge on any atom is 0.0756 e. The second kappa shape index (κ2) is 8.96. The Bertz CT molecular complexity index is 157. The third-order valence-electron chi connectivity index (χ3n) is 3.04. The van der Waals surface area contributed by atoms with Crippen molar-refractivity contribution in [1.29, 1.82) is 0 Å². The summed E-state index contributed by atoms with van der Waals surface area (Å²) in [6.07, 6.45) is 17.1. The lowest BCUT2D eigenvalue weighted by atomic mass is 10.1. The summed E-state index contributed by atoms with van der Waals surface area (Å²) in [5, 5.41) is 0. The van der Waals surface area contributed by atoms with Crippen molar-refractivity contribution in [2.24, 2.45) is 0 Å². The fourth-order valence-electron chi connectivity index (χ4n) is 2.04. The topological polar surface area (TPSA) is 9.23 Å². The average Bonchev–Trinajstić information content (AvgIpc) is 2.75. The van der Waals surface area contributed by atoms with Gasteiger partial charge in [0.2, 0.25) is 0 Å². The predicted molar refractivity (Wildman–Crippen MR) is 66.1 cm³/mol. The van der Waals surface area contributed by atoms with E-state index in [0.717, 1.165) is 6.61 Å². The van der Waals surface area contributed by atoms with E-state index in [2.05, 4.69) is 19.1 Å². The van der Waals surface area contributed by atoms with E-state index in [0.29, 0.717) is 6.10 Å². The molecular formula is C14H26O. The van der Waals surface area contributed by atoms with E-state index in [1.807, 2.05) is 0 Å². The molecule has 0 amide bonds. The molecule has 1 rings (SSSR count). The van der Waals surface area contributed by atoms with E-state index in [1.54, 1.807) is 0 Å². The highest BCUT2D eigenvalue weighted by atomic mass is 16.5. The van der Waals surface area contributed by atoms with Gasteiger partial charge in [0.1, 0.15) is 0 Å². The van der Waals surface area contributed by atoms with Gasteiger partial charge in [-0.1, -0.05) is 51.2 Å². The Hall–Kier alpha value is -0.300. The number of rotatable bonds is 8. The van der Waals surface area contributed by atoms with E-state index in [-0.39, 0.29) is 0 Å². The fraction of sp³-hybridized carbons (Fsp3) is 0.857. The van der Waals surface area contributed by atoms with Crippen LogP contribution in [0.15, 0.2) is 12.2 Å². The Morgan fingerprint density at radius 3 is 2.67 bits per heavy atom. The number of unbranched alkanes of at least 4 members (excludes halogenated alkanes) is 6. The summed E-state index contributed by atoms with van der Waals surface area (Å²) in [5.41, 5.74) is 0. The molecule has 0 aromatic carbocycles. The molecule has 1 nitrogen and oxygen atoms in total. The van der Waals surface area contributed by atoms with Gasteiger partial charge in [0, 0.05) is 6.61 Å². The molecule has 0 N–H and O–H groups in total. The molecule has 0 aliphatic carbocycles. The molecule has 1 saturated heterocycles. The van der Waals surface area contributed by atoms with Gasteiger partial charge in [-0.3, -0.25) is 0 Å². The van der Waals surface area contributed by atoms with Gasteiger partial charge in [0.15, 0.2) is 0 Å². The van der Waals surface area contributed by atoms with Gasteiger partial charge < -0.3 is 4.74 Å². The minimum Gasteiger partial charge on any atom is -0.374 e. The molecule has 1 atom stereocenters. The summed E-state index contributed by atoms with van der Waals surface area (Å²) in [6, 6.07) is 0. The third-order valence-corrected chi connectivity index (χ3v) is 3.04. The average molecular weight is 210 g/mol. The van der Waals surface area contributed by atoms with Crippen molar-refractivity contribution in [3.63, 3.8) is 0 Å². The first-order valence-corrected chi connectivity index (χ1v) is 6.71. The van der Waals surface area contributed by atoms with Gasteiger partial charge >= 0.3 is 0 Å². The first-order valence-electron chi connectivity index (χ1n) is 6.71. The van der Waals surface area contributed by atoms with Crippen LogP contribution in [0.4, 0.5) is 0 Å². The third kappa shape index (κ3) is 6.72. The Morgan fingerprint density at radius 2 is 1.93 bits per heavy atom. The molecule has 0 radical (unpaired) electrons. The smallest absolute Gasteiger partial charge is 0.0756 e. The highest BCUT2D eigenvalue weighted by Crippen LogP contribution is 2.14. The van der Waals surface area contributed by atoms with Crippen molar-refractivity contribution < 1.29 is 4.74 Å². The van der Waals surface area contributed by atoms with Gasteiger partial charge in [-0.05, 0) is 25.7 Å². The zero-order valence-corrected chi connectivity index (χ0v) is 10.2. The molecule has 0 saturated carbocycles. The van der Waals surface area contributed by atoms with E-state index in [1.165, 1.54) is 57.8 Å². The first kappa shape index (κ1) is 12.8. The van der Waals surface area contributed by atoms with E-state index in [4.69, 9.17) is 4.74 Å². The number of ether oxygens (including phenoxy) is 1. The van der Waals surface area contributed by atoms with Crippen LogP contribution in [0, 0.1) is 0 Å². The maximum atomic E-state index is 5.53. The number of allylic oxidation sites excluding steroid dienone is 1. The van der Waals surface area contributed by atoms with Gasteiger partial charge in [0.25, 0.3) is 0 Å². The van der Waals surface area contributed by atoms with Crippen molar-refractivity contribution in [2.75, 3.05) is 6.61 Å². The molecule has 88 valence electrons. The molecule has 1 unspecified atom stereocenters. The molecule has 0 aromatic rings. The minimum atomic E-state index is 0.435. The Labute approximate surface area is 94.9 Å². The van der Waals surface area contributed by atoms with Gasteiger partial charge in [-0.2, -0.15) is 0 Å². The van der Waals surface area contributed by atoms with Gasteiger partial charge in [-0.15, -0.1) is 0 Å². The lowest BCUT2D eigenvalue weighted by molar-refractivity contribution is 0.145. The van der Waals surface area contributed by atoms with Crippen LogP contribution in [0.5, 0.6) is 0 Å². The molecule has 15 heavy (non-hydrogen) atoms.